The Kier molecular flexibility index (Phi) is 2.95. The number of halogens is 1. The van der Waals surface area contributed by atoms with Crippen LogP contribution in [0.5, 0.6) is 0 Å². The van der Waals surface area contributed by atoms with E-state index in [1.54, 1.807) is 0 Å². The zero-order chi connectivity index (χ0) is 12.0. The van der Waals surface area contributed by atoms with Crippen LogP contribution in [0, 0.1) is 5.92 Å². The summed E-state index contributed by atoms with van der Waals surface area (Å²) in [5.74, 6) is 0.162. The molecule has 0 aromatic rings. The van der Waals surface area contributed by atoms with Gasteiger partial charge in [0.1, 0.15) is 0 Å². The van der Waals surface area contributed by atoms with Crippen LogP contribution in [0.3, 0.4) is 0 Å². The maximum atomic E-state index is 11.4. The van der Waals surface area contributed by atoms with E-state index in [0.29, 0.717) is 12.3 Å². The van der Waals surface area contributed by atoms with Gasteiger partial charge in [0.2, 0.25) is 5.91 Å². The normalized spacial score (nSPS) is 35.2. The molecule has 1 saturated heterocycles. The van der Waals surface area contributed by atoms with Crippen molar-refractivity contribution in [2.75, 3.05) is 0 Å². The van der Waals surface area contributed by atoms with E-state index >= 15 is 0 Å². The monoisotopic (exact) mass is 265 g/mol. The van der Waals surface area contributed by atoms with E-state index in [4.69, 9.17) is 10.7 Å². The number of hydrogen-bond donors (Lipinski definition) is 0. The molecule has 6 heteroatoms. The van der Waals surface area contributed by atoms with Gasteiger partial charge < -0.3 is 0 Å². The fraction of sp³-hybridized carbons (Fsp3) is 0.900. The quantitative estimate of drug-likeness (QED) is 0.567. The van der Waals surface area contributed by atoms with Gasteiger partial charge >= 0.3 is 9.24 Å². The minimum atomic E-state index is -3.90. The molecule has 1 amide bonds. The Morgan fingerprint density at radius 3 is 2.75 bits per heavy atom. The third-order valence-corrected chi connectivity index (χ3v) is 5.30. The number of amides is 1. The lowest BCUT2D eigenvalue weighted by molar-refractivity contribution is -0.148. The largest absolute Gasteiger partial charge is 0.324 e. The summed E-state index contributed by atoms with van der Waals surface area (Å²) in [7, 11) is 1.42. The third kappa shape index (κ3) is 1.84. The molecular formula is C10H16ClNO3S. The fourth-order valence-corrected chi connectivity index (χ4v) is 4.78. The first kappa shape index (κ1) is 12.2. The molecule has 1 aliphatic carbocycles. The van der Waals surface area contributed by atoms with Crippen LogP contribution in [0.1, 0.15) is 45.4 Å². The first-order chi connectivity index (χ1) is 7.39. The first-order valence-corrected chi connectivity index (χ1v) is 7.93. The van der Waals surface area contributed by atoms with Gasteiger partial charge in [0.25, 0.3) is 0 Å². The molecule has 1 saturated carbocycles. The highest BCUT2D eigenvalue weighted by atomic mass is 35.7. The predicted molar refractivity (Wildman–Crippen MR) is 61.2 cm³/mol. The Morgan fingerprint density at radius 2 is 2.25 bits per heavy atom. The lowest BCUT2D eigenvalue weighted by Crippen LogP contribution is -2.65. The van der Waals surface area contributed by atoms with Crippen LogP contribution in [-0.2, 0) is 14.0 Å². The number of hydrogen-bond acceptors (Lipinski definition) is 3. The number of rotatable bonds is 2. The molecule has 16 heavy (non-hydrogen) atoms. The topological polar surface area (TPSA) is 54.5 Å². The third-order valence-electron chi connectivity index (χ3n) is 3.86. The molecule has 1 aliphatic heterocycles. The van der Waals surface area contributed by atoms with Crippen molar-refractivity contribution in [3.63, 3.8) is 0 Å². The molecule has 2 unspecified atom stereocenters. The van der Waals surface area contributed by atoms with E-state index in [9.17, 15) is 13.2 Å². The summed E-state index contributed by atoms with van der Waals surface area (Å²) in [6, 6.07) is 0. The van der Waals surface area contributed by atoms with Crippen molar-refractivity contribution in [3.8, 4) is 0 Å². The molecule has 2 rings (SSSR count). The molecule has 1 heterocycles. The Hall–Kier alpha value is -0.290. The minimum Gasteiger partial charge on any atom is -0.274 e. The molecule has 0 N–H and O–H groups in total. The summed E-state index contributed by atoms with van der Waals surface area (Å²) in [5, 5.41) is 0. The lowest BCUT2D eigenvalue weighted by atomic mass is 9.69. The molecule has 4 nitrogen and oxygen atoms in total. The van der Waals surface area contributed by atoms with Gasteiger partial charge in [-0.05, 0) is 18.8 Å². The average molecular weight is 266 g/mol. The standard InChI is InChI=1S/C10H16ClNO3S/c1-2-8-4-3-5-10(6-8)7-9(13)12(10)16(11,14)15/h8H,2-7H2,1H3. The average Bonchev–Trinajstić information content (AvgIpc) is 2.14. The second kappa shape index (κ2) is 3.88. The van der Waals surface area contributed by atoms with E-state index in [1.807, 2.05) is 0 Å². The van der Waals surface area contributed by atoms with Gasteiger partial charge in [0.15, 0.2) is 0 Å². The van der Waals surface area contributed by atoms with Crippen LogP contribution in [-0.4, -0.2) is 24.2 Å². The van der Waals surface area contributed by atoms with Gasteiger partial charge in [-0.3, -0.25) is 4.79 Å². The van der Waals surface area contributed by atoms with Crippen molar-refractivity contribution in [1.29, 1.82) is 0 Å². The Bertz CT molecular complexity index is 408. The Labute approximate surface area is 101 Å². The number of nitrogens with zero attached hydrogens (tertiary/aromatic N) is 1. The van der Waals surface area contributed by atoms with Gasteiger partial charge in [-0.2, -0.15) is 8.42 Å². The fourth-order valence-electron chi connectivity index (χ4n) is 3.11. The van der Waals surface area contributed by atoms with E-state index in [1.165, 1.54) is 0 Å². The maximum absolute atomic E-state index is 11.4. The lowest BCUT2D eigenvalue weighted by Gasteiger charge is -2.53. The molecule has 0 aromatic carbocycles. The van der Waals surface area contributed by atoms with Crippen LogP contribution in [0.4, 0.5) is 0 Å². The summed E-state index contributed by atoms with van der Waals surface area (Å²) >= 11 is 0. The molecule has 1 spiro atoms. The highest BCUT2D eigenvalue weighted by Gasteiger charge is 2.57. The van der Waals surface area contributed by atoms with Gasteiger partial charge in [-0.1, -0.05) is 26.2 Å². The first-order valence-electron chi connectivity index (χ1n) is 5.67. The van der Waals surface area contributed by atoms with Gasteiger partial charge in [0, 0.05) is 10.7 Å². The van der Waals surface area contributed by atoms with Crippen LogP contribution in [0.25, 0.3) is 0 Å². The Balaban J connectivity index is 2.23. The van der Waals surface area contributed by atoms with Crippen molar-refractivity contribution in [1.82, 2.24) is 4.31 Å². The van der Waals surface area contributed by atoms with Crippen LogP contribution >= 0.6 is 10.7 Å². The van der Waals surface area contributed by atoms with Crippen LogP contribution < -0.4 is 0 Å². The number of carbonyl (C=O) groups excluding carboxylic acids is 1. The van der Waals surface area contributed by atoms with Crippen molar-refractivity contribution in [2.45, 2.75) is 51.0 Å². The summed E-state index contributed by atoms with van der Waals surface area (Å²) in [6.07, 6.45) is 5.03. The summed E-state index contributed by atoms with van der Waals surface area (Å²) < 4.78 is 23.6. The van der Waals surface area contributed by atoms with Gasteiger partial charge in [0.05, 0.1) is 12.0 Å². The van der Waals surface area contributed by atoms with E-state index in [0.717, 1.165) is 36.4 Å². The van der Waals surface area contributed by atoms with Crippen LogP contribution in [0.2, 0.25) is 0 Å². The summed E-state index contributed by atoms with van der Waals surface area (Å²) in [5.41, 5.74) is -0.489. The summed E-state index contributed by atoms with van der Waals surface area (Å²) in [4.78, 5) is 11.4. The SMILES string of the molecule is CCC1CCCC2(CC(=O)N2S(=O)(=O)Cl)C1. The molecule has 0 bridgehead atoms. The molecule has 2 atom stereocenters. The van der Waals surface area contributed by atoms with Crippen molar-refractivity contribution in [2.24, 2.45) is 5.92 Å². The molecule has 2 fully saturated rings. The van der Waals surface area contributed by atoms with E-state index in [2.05, 4.69) is 6.92 Å². The zero-order valence-electron chi connectivity index (χ0n) is 9.28. The minimum absolute atomic E-state index is 0.343. The summed E-state index contributed by atoms with van der Waals surface area (Å²) in [6.45, 7) is 2.10. The second-order valence-corrected chi connectivity index (χ2v) is 7.23. The number of β-lactam (4-membered cyclic amide) rings is 1. The van der Waals surface area contributed by atoms with Crippen LogP contribution in [0.15, 0.2) is 0 Å². The van der Waals surface area contributed by atoms with Crippen molar-refractivity contribution >= 4 is 25.8 Å². The van der Waals surface area contributed by atoms with Crippen molar-refractivity contribution < 1.29 is 13.2 Å². The highest BCUT2D eigenvalue weighted by Crippen LogP contribution is 2.48. The maximum Gasteiger partial charge on any atom is 0.324 e. The highest BCUT2D eigenvalue weighted by molar-refractivity contribution is 8.12. The van der Waals surface area contributed by atoms with Crippen molar-refractivity contribution in [3.05, 3.63) is 0 Å². The van der Waals surface area contributed by atoms with E-state index < -0.39 is 14.8 Å². The zero-order valence-corrected chi connectivity index (χ0v) is 10.9. The smallest absolute Gasteiger partial charge is 0.274 e. The molecule has 2 aliphatic rings. The number of carbonyl (C=O) groups is 1. The Morgan fingerprint density at radius 1 is 1.56 bits per heavy atom. The predicted octanol–water partition coefficient (Wildman–Crippen LogP) is 2.04. The molecule has 0 aromatic heterocycles. The molecule has 92 valence electrons. The second-order valence-electron chi connectivity index (χ2n) is 4.87. The van der Waals surface area contributed by atoms with Gasteiger partial charge in [-0.15, -0.1) is 0 Å². The molecular weight excluding hydrogens is 250 g/mol. The molecule has 0 radical (unpaired) electrons. The van der Waals surface area contributed by atoms with Gasteiger partial charge in [-0.25, -0.2) is 4.31 Å². The van der Waals surface area contributed by atoms with E-state index in [-0.39, 0.29) is 5.91 Å².